The molecule has 0 aromatic rings. The summed E-state index contributed by atoms with van der Waals surface area (Å²) in [6.45, 7) is 10.3. The number of Topliss-reactive ketones (excluding diaryl/α,β-unsaturated/α-hetero) is 1. The van der Waals surface area contributed by atoms with Crippen molar-refractivity contribution >= 4 is 5.78 Å². The van der Waals surface area contributed by atoms with Gasteiger partial charge in [0, 0.05) is 11.8 Å². The Balaban J connectivity index is 2.08. The Morgan fingerprint density at radius 1 is 1.30 bits per heavy atom. The minimum Gasteiger partial charge on any atom is -0.396 e. The highest BCUT2D eigenvalue weighted by Gasteiger charge is 2.58. The molecule has 5 atom stereocenters. The lowest BCUT2D eigenvalue weighted by molar-refractivity contribution is -0.141. The quantitative estimate of drug-likeness (QED) is 0.767. The molecule has 0 spiro atoms. The van der Waals surface area contributed by atoms with Crippen molar-refractivity contribution in [1.82, 2.24) is 0 Å². The van der Waals surface area contributed by atoms with Gasteiger partial charge < -0.3 is 10.2 Å². The van der Waals surface area contributed by atoms with E-state index in [9.17, 15) is 15.0 Å². The third-order valence-electron chi connectivity index (χ3n) is 7.40. The number of hydrogen-bond acceptors (Lipinski definition) is 3. The van der Waals surface area contributed by atoms with Gasteiger partial charge in [-0.3, -0.25) is 4.79 Å². The van der Waals surface area contributed by atoms with Crippen molar-refractivity contribution in [2.45, 2.75) is 65.4 Å². The van der Waals surface area contributed by atoms with E-state index in [0.29, 0.717) is 12.8 Å². The number of aliphatic hydroxyl groups is 2. The smallest absolute Gasteiger partial charge is 0.159 e. The highest BCUT2D eigenvalue weighted by Crippen LogP contribution is 2.62. The molecule has 3 rings (SSSR count). The summed E-state index contributed by atoms with van der Waals surface area (Å²) >= 11 is 0. The summed E-state index contributed by atoms with van der Waals surface area (Å²) in [7, 11) is 0. The molecule has 3 nitrogen and oxygen atoms in total. The number of ketones is 1. The van der Waals surface area contributed by atoms with E-state index in [1.807, 2.05) is 13.0 Å². The maximum absolute atomic E-state index is 12.9. The van der Waals surface area contributed by atoms with E-state index in [1.54, 1.807) is 0 Å². The van der Waals surface area contributed by atoms with Crippen LogP contribution >= 0.6 is 0 Å². The minimum atomic E-state index is -0.583. The van der Waals surface area contributed by atoms with Gasteiger partial charge in [0.1, 0.15) is 0 Å². The normalized spacial score (nSPS) is 47.1. The molecule has 0 amide bonds. The van der Waals surface area contributed by atoms with Gasteiger partial charge in [-0.15, -0.1) is 6.58 Å². The van der Waals surface area contributed by atoms with Crippen molar-refractivity contribution in [3.63, 3.8) is 0 Å². The lowest BCUT2D eigenvalue weighted by Crippen LogP contribution is -2.57. The lowest BCUT2D eigenvalue weighted by Gasteiger charge is -2.58. The van der Waals surface area contributed by atoms with Crippen LogP contribution < -0.4 is 0 Å². The van der Waals surface area contributed by atoms with Gasteiger partial charge in [-0.25, -0.2) is 0 Å². The zero-order valence-electron chi connectivity index (χ0n) is 14.7. The lowest BCUT2D eigenvalue weighted by atomic mass is 9.47. The first-order valence-corrected chi connectivity index (χ1v) is 8.88. The summed E-state index contributed by atoms with van der Waals surface area (Å²) in [5.41, 5.74) is 1.70. The van der Waals surface area contributed by atoms with Gasteiger partial charge in [0.25, 0.3) is 0 Å². The SMILES string of the molecule is C=C[C@@]1(C)CCC2=C(C1)C(=O)CC1[C@](C)(CO)[C@@H](O)CC[C@]21C. The number of hydrogen-bond donors (Lipinski definition) is 2. The zero-order valence-corrected chi connectivity index (χ0v) is 14.7. The predicted molar refractivity (Wildman–Crippen MR) is 90.8 cm³/mol. The molecule has 0 bridgehead atoms. The zero-order chi connectivity index (χ0) is 17.0. The van der Waals surface area contributed by atoms with Crippen LogP contribution in [0.25, 0.3) is 0 Å². The number of carbonyl (C=O) groups excluding carboxylic acids is 1. The van der Waals surface area contributed by atoms with E-state index in [1.165, 1.54) is 5.57 Å². The third-order valence-corrected chi connectivity index (χ3v) is 7.40. The fourth-order valence-corrected chi connectivity index (χ4v) is 5.48. The molecule has 0 saturated heterocycles. The fourth-order valence-electron chi connectivity index (χ4n) is 5.48. The molecule has 3 aliphatic carbocycles. The minimum absolute atomic E-state index is 0.0200. The highest BCUT2D eigenvalue weighted by molar-refractivity contribution is 5.98. The van der Waals surface area contributed by atoms with Crippen LogP contribution in [0.15, 0.2) is 23.8 Å². The summed E-state index contributed by atoms with van der Waals surface area (Å²) < 4.78 is 0. The van der Waals surface area contributed by atoms with Crippen LogP contribution in [0.3, 0.4) is 0 Å². The van der Waals surface area contributed by atoms with Crippen LogP contribution in [-0.4, -0.2) is 28.7 Å². The standard InChI is InChI=1S/C20H30O3/c1-5-18(2)8-6-14-13(11-18)15(22)10-16-19(14,3)9-7-17(23)20(16,4)12-21/h5,16-17,21,23H,1,6-12H2,2-4H3/t16?,17-,18-,19+,20-/m0/s1. The van der Waals surface area contributed by atoms with Gasteiger partial charge in [-0.2, -0.15) is 0 Å². The van der Waals surface area contributed by atoms with Gasteiger partial charge in [-0.1, -0.05) is 32.4 Å². The van der Waals surface area contributed by atoms with E-state index >= 15 is 0 Å². The molecule has 0 aromatic carbocycles. The second-order valence-electron chi connectivity index (χ2n) is 8.81. The molecular weight excluding hydrogens is 288 g/mol. The maximum atomic E-state index is 12.9. The molecule has 3 aliphatic rings. The van der Waals surface area contributed by atoms with Crippen molar-refractivity contribution in [3.05, 3.63) is 23.8 Å². The van der Waals surface area contributed by atoms with Gasteiger partial charge >= 0.3 is 0 Å². The average Bonchev–Trinajstić information content (AvgIpc) is 2.54. The first kappa shape index (κ1) is 16.9. The first-order valence-electron chi connectivity index (χ1n) is 8.88. The van der Waals surface area contributed by atoms with Gasteiger partial charge in [0.15, 0.2) is 5.78 Å². The van der Waals surface area contributed by atoms with Crippen LogP contribution in [0, 0.1) is 22.2 Å². The molecule has 0 aliphatic heterocycles. The van der Waals surface area contributed by atoms with E-state index in [-0.39, 0.29) is 29.1 Å². The number of allylic oxidation sites excluding steroid dienone is 3. The van der Waals surface area contributed by atoms with E-state index in [2.05, 4.69) is 20.4 Å². The fraction of sp³-hybridized carbons (Fsp3) is 0.750. The Morgan fingerprint density at radius 3 is 2.61 bits per heavy atom. The molecule has 23 heavy (non-hydrogen) atoms. The number of aliphatic hydroxyl groups excluding tert-OH is 2. The van der Waals surface area contributed by atoms with Crippen molar-refractivity contribution in [1.29, 1.82) is 0 Å². The topological polar surface area (TPSA) is 57.5 Å². The summed E-state index contributed by atoms with van der Waals surface area (Å²) in [5, 5.41) is 20.5. The second-order valence-corrected chi connectivity index (χ2v) is 8.81. The van der Waals surface area contributed by atoms with Crippen LogP contribution in [0.1, 0.15) is 59.3 Å². The Morgan fingerprint density at radius 2 is 2.00 bits per heavy atom. The Hall–Kier alpha value is -0.930. The second kappa shape index (κ2) is 5.29. The van der Waals surface area contributed by atoms with Crippen LogP contribution in [0.5, 0.6) is 0 Å². The van der Waals surface area contributed by atoms with E-state index in [4.69, 9.17) is 0 Å². The third kappa shape index (κ3) is 2.27. The van der Waals surface area contributed by atoms with Crippen molar-refractivity contribution in [2.75, 3.05) is 6.61 Å². The molecule has 0 radical (unpaired) electrons. The number of rotatable bonds is 2. The van der Waals surface area contributed by atoms with Crippen LogP contribution in [0.4, 0.5) is 0 Å². The van der Waals surface area contributed by atoms with Crippen LogP contribution in [-0.2, 0) is 4.79 Å². The molecule has 1 saturated carbocycles. The average molecular weight is 318 g/mol. The molecular formula is C20H30O3. The van der Waals surface area contributed by atoms with Crippen LogP contribution in [0.2, 0.25) is 0 Å². The summed E-state index contributed by atoms with van der Waals surface area (Å²) in [4.78, 5) is 12.9. The first-order chi connectivity index (χ1) is 10.7. The number of fused-ring (bicyclic) bond motifs is 2. The highest BCUT2D eigenvalue weighted by atomic mass is 16.3. The predicted octanol–water partition coefficient (Wildman–Crippen LogP) is 3.41. The molecule has 0 aromatic heterocycles. The molecule has 2 N–H and O–H groups in total. The van der Waals surface area contributed by atoms with Crippen molar-refractivity contribution in [3.8, 4) is 0 Å². The van der Waals surface area contributed by atoms with Gasteiger partial charge in [-0.05, 0) is 54.4 Å². The molecule has 1 fully saturated rings. The molecule has 128 valence electrons. The largest absolute Gasteiger partial charge is 0.396 e. The molecule has 1 unspecified atom stereocenters. The Labute approximate surface area is 139 Å². The monoisotopic (exact) mass is 318 g/mol. The van der Waals surface area contributed by atoms with E-state index < -0.39 is 11.5 Å². The van der Waals surface area contributed by atoms with E-state index in [0.717, 1.165) is 31.3 Å². The Bertz CT molecular complexity index is 577. The summed E-state index contributed by atoms with van der Waals surface area (Å²) in [6, 6.07) is 0. The molecule has 3 heteroatoms. The Kier molecular flexibility index (Phi) is 3.89. The summed E-state index contributed by atoms with van der Waals surface area (Å²) in [6.07, 6.45) is 6.31. The van der Waals surface area contributed by atoms with Gasteiger partial charge in [0.2, 0.25) is 0 Å². The van der Waals surface area contributed by atoms with Gasteiger partial charge in [0.05, 0.1) is 12.7 Å². The maximum Gasteiger partial charge on any atom is 0.159 e. The van der Waals surface area contributed by atoms with Crippen molar-refractivity contribution < 1.29 is 15.0 Å². The number of carbonyl (C=O) groups is 1. The summed E-state index contributed by atoms with van der Waals surface area (Å²) in [5.74, 6) is 0.257. The molecule has 0 heterocycles. The van der Waals surface area contributed by atoms with Crippen molar-refractivity contribution in [2.24, 2.45) is 22.2 Å².